The van der Waals surface area contributed by atoms with Gasteiger partial charge < -0.3 is 10.1 Å². The molecule has 0 radical (unpaired) electrons. The molecule has 1 aromatic heterocycles. The van der Waals surface area contributed by atoms with Gasteiger partial charge in [0.05, 0.1) is 19.0 Å². The number of ether oxygens (including phenoxy) is 1. The van der Waals surface area contributed by atoms with Crippen LogP contribution in [-0.4, -0.2) is 12.1 Å². The van der Waals surface area contributed by atoms with Gasteiger partial charge in [0.15, 0.2) is 0 Å². The molecule has 0 saturated carbocycles. The van der Waals surface area contributed by atoms with Crippen LogP contribution in [0.4, 0.5) is 5.69 Å². The van der Waals surface area contributed by atoms with Crippen LogP contribution in [0.25, 0.3) is 10.8 Å². The minimum atomic E-state index is 0.761. The fourth-order valence-corrected chi connectivity index (χ4v) is 2.51. The van der Waals surface area contributed by atoms with Crippen molar-refractivity contribution >= 4 is 16.5 Å². The number of hydrogen-bond acceptors (Lipinski definition) is 3. The third-order valence-electron chi connectivity index (χ3n) is 3.70. The summed E-state index contributed by atoms with van der Waals surface area (Å²) in [4.78, 5) is 4.16. The number of rotatable bonds is 4. The molecule has 2 aromatic carbocycles. The number of pyridine rings is 1. The lowest BCUT2D eigenvalue weighted by atomic mass is 10.0. The SMILES string of the molecule is COc1ccc(CNc2cnccc2C)c2ccccc12. The molecule has 106 valence electrons. The predicted molar refractivity (Wildman–Crippen MR) is 86.8 cm³/mol. The summed E-state index contributed by atoms with van der Waals surface area (Å²) in [6, 6.07) is 14.5. The van der Waals surface area contributed by atoms with Crippen LogP contribution in [0.15, 0.2) is 54.9 Å². The first kappa shape index (κ1) is 13.4. The number of anilines is 1. The van der Waals surface area contributed by atoms with Gasteiger partial charge in [-0.2, -0.15) is 0 Å². The molecule has 0 amide bonds. The van der Waals surface area contributed by atoms with E-state index < -0.39 is 0 Å². The van der Waals surface area contributed by atoms with Crippen LogP contribution in [0.5, 0.6) is 5.75 Å². The van der Waals surface area contributed by atoms with Crippen molar-refractivity contribution in [3.05, 3.63) is 66.0 Å². The van der Waals surface area contributed by atoms with E-state index in [-0.39, 0.29) is 0 Å². The van der Waals surface area contributed by atoms with Gasteiger partial charge in [0.2, 0.25) is 0 Å². The normalized spacial score (nSPS) is 10.6. The molecule has 0 bridgehead atoms. The smallest absolute Gasteiger partial charge is 0.126 e. The van der Waals surface area contributed by atoms with Crippen molar-refractivity contribution in [2.45, 2.75) is 13.5 Å². The number of benzene rings is 2. The number of nitrogens with zero attached hydrogens (tertiary/aromatic N) is 1. The van der Waals surface area contributed by atoms with Crippen LogP contribution in [0.1, 0.15) is 11.1 Å². The summed E-state index contributed by atoms with van der Waals surface area (Å²) >= 11 is 0. The summed E-state index contributed by atoms with van der Waals surface area (Å²) in [6.07, 6.45) is 3.67. The molecule has 3 nitrogen and oxygen atoms in total. The van der Waals surface area contributed by atoms with Gasteiger partial charge in [-0.15, -0.1) is 0 Å². The first-order valence-electron chi connectivity index (χ1n) is 6.98. The van der Waals surface area contributed by atoms with Crippen molar-refractivity contribution < 1.29 is 4.74 Å². The number of aromatic nitrogens is 1. The number of hydrogen-bond donors (Lipinski definition) is 1. The minimum absolute atomic E-state index is 0.761. The summed E-state index contributed by atoms with van der Waals surface area (Å²) in [5, 5.41) is 5.81. The van der Waals surface area contributed by atoms with Crippen LogP contribution in [0.3, 0.4) is 0 Å². The maximum Gasteiger partial charge on any atom is 0.126 e. The fourth-order valence-electron chi connectivity index (χ4n) is 2.51. The summed E-state index contributed by atoms with van der Waals surface area (Å²) in [6.45, 7) is 2.84. The molecule has 3 rings (SSSR count). The van der Waals surface area contributed by atoms with E-state index in [1.165, 1.54) is 16.5 Å². The molecular weight excluding hydrogens is 260 g/mol. The van der Waals surface area contributed by atoms with Gasteiger partial charge in [0.1, 0.15) is 5.75 Å². The van der Waals surface area contributed by atoms with E-state index in [0.29, 0.717) is 0 Å². The van der Waals surface area contributed by atoms with Crippen molar-refractivity contribution in [3.8, 4) is 5.75 Å². The third kappa shape index (κ3) is 2.68. The lowest BCUT2D eigenvalue weighted by Gasteiger charge is -2.13. The number of methoxy groups -OCH3 is 1. The van der Waals surface area contributed by atoms with E-state index in [1.54, 1.807) is 7.11 Å². The molecule has 21 heavy (non-hydrogen) atoms. The molecule has 0 spiro atoms. The van der Waals surface area contributed by atoms with Crippen molar-refractivity contribution in [2.24, 2.45) is 0 Å². The fraction of sp³-hybridized carbons (Fsp3) is 0.167. The average Bonchev–Trinajstić information content (AvgIpc) is 2.54. The highest BCUT2D eigenvalue weighted by Gasteiger charge is 2.06. The Morgan fingerprint density at radius 3 is 2.62 bits per heavy atom. The molecule has 0 aliphatic carbocycles. The van der Waals surface area contributed by atoms with Gasteiger partial charge >= 0.3 is 0 Å². The predicted octanol–water partition coefficient (Wildman–Crippen LogP) is 4.16. The average molecular weight is 278 g/mol. The first-order chi connectivity index (χ1) is 10.3. The van der Waals surface area contributed by atoms with Gasteiger partial charge in [0, 0.05) is 18.1 Å². The lowest BCUT2D eigenvalue weighted by molar-refractivity contribution is 0.419. The zero-order valence-electron chi connectivity index (χ0n) is 12.3. The van der Waals surface area contributed by atoms with Crippen molar-refractivity contribution in [1.82, 2.24) is 4.98 Å². The molecule has 3 aromatic rings. The van der Waals surface area contributed by atoms with E-state index in [0.717, 1.165) is 23.4 Å². The number of fused-ring (bicyclic) bond motifs is 1. The first-order valence-corrected chi connectivity index (χ1v) is 6.98. The Hall–Kier alpha value is -2.55. The van der Waals surface area contributed by atoms with Gasteiger partial charge in [-0.3, -0.25) is 4.98 Å². The Labute approximate surface area is 124 Å². The maximum atomic E-state index is 5.43. The molecule has 0 aliphatic rings. The molecule has 1 heterocycles. The number of aryl methyl sites for hydroxylation is 1. The van der Waals surface area contributed by atoms with Crippen LogP contribution < -0.4 is 10.1 Å². The van der Waals surface area contributed by atoms with Crippen LogP contribution in [0, 0.1) is 6.92 Å². The Morgan fingerprint density at radius 2 is 1.86 bits per heavy atom. The van der Waals surface area contributed by atoms with E-state index in [2.05, 4.69) is 41.5 Å². The molecule has 0 aliphatic heterocycles. The largest absolute Gasteiger partial charge is 0.496 e. The second-order valence-electron chi connectivity index (χ2n) is 5.02. The Kier molecular flexibility index (Phi) is 3.73. The van der Waals surface area contributed by atoms with Crippen molar-refractivity contribution in [2.75, 3.05) is 12.4 Å². The second kappa shape index (κ2) is 5.83. The van der Waals surface area contributed by atoms with Gasteiger partial charge in [0.25, 0.3) is 0 Å². The van der Waals surface area contributed by atoms with E-state index in [4.69, 9.17) is 4.74 Å². The maximum absolute atomic E-state index is 5.43. The molecule has 0 unspecified atom stereocenters. The van der Waals surface area contributed by atoms with Gasteiger partial charge in [-0.25, -0.2) is 0 Å². The lowest BCUT2D eigenvalue weighted by Crippen LogP contribution is -2.02. The van der Waals surface area contributed by atoms with Crippen LogP contribution >= 0.6 is 0 Å². The van der Waals surface area contributed by atoms with Gasteiger partial charge in [-0.1, -0.05) is 30.3 Å². The highest BCUT2D eigenvalue weighted by atomic mass is 16.5. The van der Waals surface area contributed by atoms with E-state index in [1.807, 2.05) is 30.6 Å². The molecule has 0 atom stereocenters. The Morgan fingerprint density at radius 1 is 1.05 bits per heavy atom. The Bertz CT molecular complexity index is 768. The minimum Gasteiger partial charge on any atom is -0.496 e. The standard InChI is InChI=1S/C18H18N2O/c1-13-9-10-19-12-17(13)20-11-14-7-8-18(21-2)16-6-4-3-5-15(14)16/h3-10,12,20H,11H2,1-2H3. The zero-order valence-corrected chi connectivity index (χ0v) is 12.3. The summed E-state index contributed by atoms with van der Waals surface area (Å²) in [5.41, 5.74) is 3.51. The van der Waals surface area contributed by atoms with Crippen LogP contribution in [-0.2, 0) is 6.54 Å². The van der Waals surface area contributed by atoms with Gasteiger partial charge in [-0.05, 0) is 35.6 Å². The quantitative estimate of drug-likeness (QED) is 0.778. The summed E-state index contributed by atoms with van der Waals surface area (Å²) < 4.78 is 5.43. The highest BCUT2D eigenvalue weighted by molar-refractivity contribution is 5.91. The number of nitrogens with one attached hydrogen (secondary N) is 1. The highest BCUT2D eigenvalue weighted by Crippen LogP contribution is 2.28. The third-order valence-corrected chi connectivity index (χ3v) is 3.70. The second-order valence-corrected chi connectivity index (χ2v) is 5.02. The molecule has 1 N–H and O–H groups in total. The van der Waals surface area contributed by atoms with Crippen LogP contribution in [0.2, 0.25) is 0 Å². The zero-order chi connectivity index (χ0) is 14.7. The Balaban J connectivity index is 1.93. The van der Waals surface area contributed by atoms with E-state index >= 15 is 0 Å². The summed E-state index contributed by atoms with van der Waals surface area (Å²) in [5.74, 6) is 0.909. The van der Waals surface area contributed by atoms with Crippen molar-refractivity contribution in [1.29, 1.82) is 0 Å². The topological polar surface area (TPSA) is 34.1 Å². The molecule has 0 fully saturated rings. The van der Waals surface area contributed by atoms with E-state index in [9.17, 15) is 0 Å². The molecule has 0 saturated heterocycles. The summed E-state index contributed by atoms with van der Waals surface area (Å²) in [7, 11) is 1.71. The molecular formula is C18H18N2O. The van der Waals surface area contributed by atoms with Crippen molar-refractivity contribution in [3.63, 3.8) is 0 Å². The monoisotopic (exact) mass is 278 g/mol. The molecule has 3 heteroatoms.